The first-order chi connectivity index (χ1) is 12.8. The maximum Gasteiger partial charge on any atom is 0.306 e. The maximum atomic E-state index is 11.1. The van der Waals surface area contributed by atoms with Gasteiger partial charge in [-0.3, -0.25) is 4.79 Å². The fourth-order valence-corrected chi connectivity index (χ4v) is 4.11. The van der Waals surface area contributed by atoms with Crippen LogP contribution in [-0.4, -0.2) is 24.2 Å². The molecule has 4 nitrogen and oxygen atoms in total. The number of carbonyl (C=O) groups is 1. The van der Waals surface area contributed by atoms with Gasteiger partial charge in [0.1, 0.15) is 0 Å². The number of nitrogens with zero attached hydrogens (tertiary/aromatic N) is 1. The van der Waals surface area contributed by atoms with Crippen molar-refractivity contribution >= 4 is 52.1 Å². The van der Waals surface area contributed by atoms with Crippen molar-refractivity contribution in [1.82, 2.24) is 0 Å². The van der Waals surface area contributed by atoms with E-state index in [1.54, 1.807) is 6.07 Å². The lowest BCUT2D eigenvalue weighted by Gasteiger charge is -2.32. The van der Waals surface area contributed by atoms with Gasteiger partial charge in [0.2, 0.25) is 0 Å². The Morgan fingerprint density at radius 2 is 1.81 bits per heavy atom. The Labute approximate surface area is 174 Å². The monoisotopic (exact) mass is 426 g/mol. The van der Waals surface area contributed by atoms with E-state index < -0.39 is 5.97 Å². The summed E-state index contributed by atoms with van der Waals surface area (Å²) in [5.41, 5.74) is 2.78. The molecule has 7 heteroatoms. The second-order valence-electron chi connectivity index (χ2n) is 6.80. The van der Waals surface area contributed by atoms with E-state index in [-0.39, 0.29) is 12.0 Å². The van der Waals surface area contributed by atoms with Gasteiger partial charge >= 0.3 is 5.97 Å². The molecule has 0 saturated carbocycles. The Balaban J connectivity index is 1.75. The molecule has 0 radical (unpaired) electrons. The molecule has 0 aromatic heterocycles. The molecule has 0 aliphatic carbocycles. The molecule has 1 atom stereocenters. The van der Waals surface area contributed by atoms with Crippen molar-refractivity contribution in [3.8, 4) is 0 Å². The molecule has 1 aliphatic heterocycles. The third-order valence-electron chi connectivity index (χ3n) is 4.96. The van der Waals surface area contributed by atoms with Crippen LogP contribution in [0.2, 0.25) is 15.1 Å². The van der Waals surface area contributed by atoms with E-state index in [1.165, 1.54) is 0 Å². The minimum absolute atomic E-state index is 0.0553. The van der Waals surface area contributed by atoms with E-state index in [4.69, 9.17) is 39.9 Å². The number of hydrogen-bond donors (Lipinski definition) is 2. The quantitative estimate of drug-likeness (QED) is 0.603. The maximum absolute atomic E-state index is 11.1. The van der Waals surface area contributed by atoms with Crippen LogP contribution < -0.4 is 10.2 Å². The molecule has 144 valence electrons. The number of rotatable bonds is 5. The molecule has 27 heavy (non-hydrogen) atoms. The number of carboxylic acids is 1. The highest BCUT2D eigenvalue weighted by molar-refractivity contribution is 6.35. The Bertz CT molecular complexity index is 836. The number of piperidine rings is 1. The number of anilines is 2. The number of carboxylic acid groups (broad SMARTS) is 1. The van der Waals surface area contributed by atoms with Gasteiger partial charge in [-0.2, -0.15) is 0 Å². The van der Waals surface area contributed by atoms with E-state index in [9.17, 15) is 4.79 Å². The molecule has 2 N–H and O–H groups in total. The van der Waals surface area contributed by atoms with Crippen molar-refractivity contribution in [2.45, 2.75) is 25.8 Å². The second kappa shape index (κ2) is 8.59. The zero-order chi connectivity index (χ0) is 19.6. The third-order valence-corrected chi connectivity index (χ3v) is 5.85. The summed E-state index contributed by atoms with van der Waals surface area (Å²) in [5, 5.41) is 14.4. The molecule has 0 spiro atoms. The first-order valence-electron chi connectivity index (χ1n) is 8.84. The molecule has 3 rings (SSSR count). The summed E-state index contributed by atoms with van der Waals surface area (Å²) in [6.07, 6.45) is 1.30. The summed E-state index contributed by atoms with van der Waals surface area (Å²) in [7, 11) is 0. The summed E-state index contributed by atoms with van der Waals surface area (Å²) < 4.78 is 0. The van der Waals surface area contributed by atoms with Crippen LogP contribution in [0.4, 0.5) is 11.4 Å². The number of nitrogens with one attached hydrogen (secondary N) is 1. The molecule has 0 amide bonds. The van der Waals surface area contributed by atoms with Crippen LogP contribution in [0.3, 0.4) is 0 Å². The molecule has 0 bridgehead atoms. The Morgan fingerprint density at radius 3 is 2.44 bits per heavy atom. The van der Waals surface area contributed by atoms with Gasteiger partial charge in [-0.1, -0.05) is 40.9 Å². The van der Waals surface area contributed by atoms with Crippen LogP contribution in [0.1, 0.15) is 31.4 Å². The predicted octanol–water partition coefficient (Wildman–Crippen LogP) is 6.12. The van der Waals surface area contributed by atoms with Crippen LogP contribution in [0.15, 0.2) is 36.4 Å². The normalized spacial score (nSPS) is 16.2. The second-order valence-corrected chi connectivity index (χ2v) is 8.05. The molecule has 1 fully saturated rings. The number of benzene rings is 2. The summed E-state index contributed by atoms with van der Waals surface area (Å²) in [5.74, 6) is -0.958. The van der Waals surface area contributed by atoms with Gasteiger partial charge in [-0.15, -0.1) is 0 Å². The van der Waals surface area contributed by atoms with Crippen LogP contribution in [0.5, 0.6) is 0 Å². The average Bonchev–Trinajstić information content (AvgIpc) is 2.63. The van der Waals surface area contributed by atoms with Crippen molar-refractivity contribution in [3.63, 3.8) is 0 Å². The number of halogens is 3. The van der Waals surface area contributed by atoms with E-state index in [0.717, 1.165) is 30.0 Å². The van der Waals surface area contributed by atoms with E-state index in [1.807, 2.05) is 37.3 Å². The third kappa shape index (κ3) is 4.81. The number of aliphatic carboxylic acids is 1. The van der Waals surface area contributed by atoms with Crippen molar-refractivity contribution < 1.29 is 9.90 Å². The van der Waals surface area contributed by atoms with E-state index >= 15 is 0 Å². The minimum Gasteiger partial charge on any atom is -0.481 e. The highest BCUT2D eigenvalue weighted by Gasteiger charge is 2.25. The largest absolute Gasteiger partial charge is 0.481 e. The zero-order valence-electron chi connectivity index (χ0n) is 14.9. The predicted molar refractivity (Wildman–Crippen MR) is 113 cm³/mol. The molecule has 2 aromatic carbocycles. The summed E-state index contributed by atoms with van der Waals surface area (Å²) >= 11 is 18.7. The van der Waals surface area contributed by atoms with Gasteiger partial charge in [-0.25, -0.2) is 0 Å². The first-order valence-corrected chi connectivity index (χ1v) is 9.97. The molecule has 0 unspecified atom stereocenters. The molecule has 1 aliphatic rings. The smallest absolute Gasteiger partial charge is 0.306 e. The highest BCUT2D eigenvalue weighted by atomic mass is 35.5. The van der Waals surface area contributed by atoms with Gasteiger partial charge in [0.05, 0.1) is 22.7 Å². The summed E-state index contributed by atoms with van der Waals surface area (Å²) in [6.45, 7) is 3.45. The van der Waals surface area contributed by atoms with Crippen LogP contribution in [0.25, 0.3) is 0 Å². The standard InChI is InChI=1S/C20H21Cl3N2O2/c1-12(16-4-2-14(21)10-18(16)23)24-19-11-15(3-5-17(19)22)25-8-6-13(7-9-25)20(26)27/h2-5,10-13,24H,6-9H2,1H3,(H,26,27)/t12-/m1/s1. The lowest BCUT2D eigenvalue weighted by Crippen LogP contribution is -2.36. The van der Waals surface area contributed by atoms with Gasteiger partial charge in [0.15, 0.2) is 0 Å². The van der Waals surface area contributed by atoms with Crippen molar-refractivity contribution in [2.75, 3.05) is 23.3 Å². The van der Waals surface area contributed by atoms with Crippen LogP contribution in [0, 0.1) is 5.92 Å². The van der Waals surface area contributed by atoms with Gasteiger partial charge in [0, 0.05) is 28.8 Å². The molecular formula is C20H21Cl3N2O2. The van der Waals surface area contributed by atoms with E-state index in [0.29, 0.717) is 27.9 Å². The van der Waals surface area contributed by atoms with Crippen LogP contribution >= 0.6 is 34.8 Å². The first kappa shape index (κ1) is 20.1. The highest BCUT2D eigenvalue weighted by Crippen LogP contribution is 2.34. The molecular weight excluding hydrogens is 407 g/mol. The summed E-state index contributed by atoms with van der Waals surface area (Å²) in [6, 6.07) is 11.2. The van der Waals surface area contributed by atoms with E-state index in [2.05, 4.69) is 10.2 Å². The molecule has 2 aromatic rings. The fourth-order valence-electron chi connectivity index (χ4n) is 3.37. The van der Waals surface area contributed by atoms with Crippen molar-refractivity contribution in [2.24, 2.45) is 5.92 Å². The number of hydrogen-bond acceptors (Lipinski definition) is 3. The van der Waals surface area contributed by atoms with Gasteiger partial charge in [0.25, 0.3) is 0 Å². The molecule has 1 heterocycles. The Morgan fingerprint density at radius 1 is 1.11 bits per heavy atom. The van der Waals surface area contributed by atoms with Crippen molar-refractivity contribution in [3.05, 3.63) is 57.0 Å². The SMILES string of the molecule is C[C@@H](Nc1cc(N2CCC(C(=O)O)CC2)ccc1Cl)c1ccc(Cl)cc1Cl. The Kier molecular flexibility index (Phi) is 6.40. The fraction of sp³-hybridized carbons (Fsp3) is 0.350. The zero-order valence-corrected chi connectivity index (χ0v) is 17.2. The lowest BCUT2D eigenvalue weighted by atomic mass is 9.96. The Hall–Kier alpha value is -1.62. The lowest BCUT2D eigenvalue weighted by molar-refractivity contribution is -0.142. The topological polar surface area (TPSA) is 52.6 Å². The minimum atomic E-state index is -0.707. The van der Waals surface area contributed by atoms with Gasteiger partial charge < -0.3 is 15.3 Å². The summed E-state index contributed by atoms with van der Waals surface area (Å²) in [4.78, 5) is 13.3. The van der Waals surface area contributed by atoms with Gasteiger partial charge in [-0.05, 0) is 55.7 Å². The van der Waals surface area contributed by atoms with Crippen molar-refractivity contribution in [1.29, 1.82) is 0 Å². The molecule has 1 saturated heterocycles. The average molecular weight is 428 g/mol. The van der Waals surface area contributed by atoms with Crippen LogP contribution in [-0.2, 0) is 4.79 Å².